The Morgan fingerprint density at radius 3 is 3.07 bits per heavy atom. The van der Waals surface area contributed by atoms with Crippen LogP contribution in [0.3, 0.4) is 0 Å². The largest absolute Gasteiger partial charge is 0.446 e. The molecular formula is C11H15NO3. The maximum Gasteiger partial charge on any atom is 0.414 e. The van der Waals surface area contributed by atoms with Crippen molar-refractivity contribution in [2.45, 2.75) is 44.8 Å². The Morgan fingerprint density at radius 2 is 2.33 bits per heavy atom. The molecule has 0 radical (unpaired) electrons. The molecule has 0 bridgehead atoms. The summed E-state index contributed by atoms with van der Waals surface area (Å²) >= 11 is 0. The molecule has 4 heteroatoms. The molecule has 1 fully saturated rings. The molecule has 2 aliphatic heterocycles. The number of cyclic esters (lactones) is 1. The minimum Gasteiger partial charge on any atom is -0.446 e. The smallest absolute Gasteiger partial charge is 0.414 e. The highest BCUT2D eigenvalue weighted by Crippen LogP contribution is 2.26. The van der Waals surface area contributed by atoms with Crippen molar-refractivity contribution in [3.8, 4) is 0 Å². The first kappa shape index (κ1) is 10.2. The standard InChI is InChI=1S/C11H15NO3/c1-2-3-10-7-8-6-9(13)4-5-12(8)11(14)15-10/h4-5,8,10H,2-3,6-7H2,1H3/t8-,10+/m0/s1. The first-order valence-corrected chi connectivity index (χ1v) is 5.40. The van der Waals surface area contributed by atoms with Crippen LogP contribution in [0, 0.1) is 0 Å². The molecule has 2 heterocycles. The molecule has 0 saturated carbocycles. The fraction of sp³-hybridized carbons (Fsp3) is 0.636. The molecule has 82 valence electrons. The quantitative estimate of drug-likeness (QED) is 0.697. The molecule has 2 atom stereocenters. The Hall–Kier alpha value is -1.32. The number of hydrogen-bond acceptors (Lipinski definition) is 3. The van der Waals surface area contributed by atoms with Crippen LogP contribution in [0.25, 0.3) is 0 Å². The predicted molar refractivity (Wildman–Crippen MR) is 54.2 cm³/mol. The minimum atomic E-state index is -0.312. The van der Waals surface area contributed by atoms with Crippen molar-refractivity contribution < 1.29 is 14.3 Å². The molecule has 0 spiro atoms. The number of ether oxygens (including phenoxy) is 1. The third-order valence-electron chi connectivity index (χ3n) is 2.88. The van der Waals surface area contributed by atoms with Gasteiger partial charge in [0.05, 0.1) is 6.04 Å². The molecule has 0 N–H and O–H groups in total. The summed E-state index contributed by atoms with van der Waals surface area (Å²) in [5.74, 6) is 0.0983. The van der Waals surface area contributed by atoms with Crippen LogP contribution in [-0.2, 0) is 9.53 Å². The van der Waals surface area contributed by atoms with E-state index in [-0.39, 0.29) is 24.0 Å². The van der Waals surface area contributed by atoms with Crippen molar-refractivity contribution in [3.05, 3.63) is 12.3 Å². The highest BCUT2D eigenvalue weighted by atomic mass is 16.6. The van der Waals surface area contributed by atoms with Gasteiger partial charge < -0.3 is 4.74 Å². The van der Waals surface area contributed by atoms with Crippen LogP contribution < -0.4 is 0 Å². The summed E-state index contributed by atoms with van der Waals surface area (Å²) < 4.78 is 5.26. The first-order valence-electron chi connectivity index (χ1n) is 5.40. The third kappa shape index (κ3) is 2.03. The normalized spacial score (nSPS) is 30.1. The zero-order valence-electron chi connectivity index (χ0n) is 8.81. The molecule has 0 aromatic rings. The van der Waals surface area contributed by atoms with Gasteiger partial charge in [0.25, 0.3) is 0 Å². The van der Waals surface area contributed by atoms with Gasteiger partial charge in [-0.25, -0.2) is 4.79 Å². The third-order valence-corrected chi connectivity index (χ3v) is 2.88. The van der Waals surface area contributed by atoms with Gasteiger partial charge in [-0.3, -0.25) is 9.69 Å². The van der Waals surface area contributed by atoms with Crippen molar-refractivity contribution in [2.75, 3.05) is 0 Å². The van der Waals surface area contributed by atoms with Gasteiger partial charge >= 0.3 is 6.09 Å². The molecule has 4 nitrogen and oxygen atoms in total. The van der Waals surface area contributed by atoms with Crippen molar-refractivity contribution in [3.63, 3.8) is 0 Å². The summed E-state index contributed by atoms with van der Waals surface area (Å²) in [6.45, 7) is 2.06. The lowest BCUT2D eigenvalue weighted by atomic mass is 9.96. The summed E-state index contributed by atoms with van der Waals surface area (Å²) in [5, 5.41) is 0. The molecule has 2 rings (SSSR count). The van der Waals surface area contributed by atoms with E-state index in [0.29, 0.717) is 6.42 Å². The second kappa shape index (κ2) is 4.04. The van der Waals surface area contributed by atoms with E-state index in [2.05, 4.69) is 6.92 Å². The maximum atomic E-state index is 11.6. The molecule has 0 aliphatic carbocycles. The predicted octanol–water partition coefficient (Wildman–Crippen LogP) is 1.85. The average molecular weight is 209 g/mol. The topological polar surface area (TPSA) is 46.6 Å². The van der Waals surface area contributed by atoms with E-state index in [1.165, 1.54) is 11.0 Å². The second-order valence-electron chi connectivity index (χ2n) is 4.08. The highest BCUT2D eigenvalue weighted by molar-refractivity contribution is 5.92. The highest BCUT2D eigenvalue weighted by Gasteiger charge is 2.36. The second-order valence-corrected chi connectivity index (χ2v) is 4.08. The van der Waals surface area contributed by atoms with Crippen LogP contribution in [0.15, 0.2) is 12.3 Å². The average Bonchev–Trinajstić information content (AvgIpc) is 2.17. The monoisotopic (exact) mass is 209 g/mol. The van der Waals surface area contributed by atoms with Gasteiger partial charge in [0, 0.05) is 19.0 Å². The molecule has 0 aromatic heterocycles. The van der Waals surface area contributed by atoms with Crippen molar-refractivity contribution >= 4 is 11.9 Å². The van der Waals surface area contributed by atoms with E-state index in [4.69, 9.17) is 4.74 Å². The Kier molecular flexibility index (Phi) is 2.75. The number of rotatable bonds is 2. The summed E-state index contributed by atoms with van der Waals surface area (Å²) in [5.41, 5.74) is 0. The van der Waals surface area contributed by atoms with Crippen molar-refractivity contribution in [1.82, 2.24) is 4.90 Å². The number of amides is 1. The SMILES string of the molecule is CCC[C@@H]1C[C@@H]2CC(=O)C=CN2C(=O)O1. The van der Waals surface area contributed by atoms with Gasteiger partial charge in [0.1, 0.15) is 6.10 Å². The van der Waals surface area contributed by atoms with Crippen LogP contribution in [-0.4, -0.2) is 28.9 Å². The minimum absolute atomic E-state index is 0.0111. The van der Waals surface area contributed by atoms with Crippen LogP contribution >= 0.6 is 0 Å². The Bertz CT molecular complexity index is 311. The van der Waals surface area contributed by atoms with E-state index in [9.17, 15) is 9.59 Å². The molecule has 0 unspecified atom stereocenters. The number of hydrogen-bond donors (Lipinski definition) is 0. The Labute approximate surface area is 88.9 Å². The number of carbonyl (C=O) groups excluding carboxylic acids is 2. The summed E-state index contributed by atoms with van der Waals surface area (Å²) in [4.78, 5) is 24.3. The Balaban J connectivity index is 2.08. The lowest BCUT2D eigenvalue weighted by molar-refractivity contribution is -0.117. The van der Waals surface area contributed by atoms with E-state index in [0.717, 1.165) is 19.3 Å². The molecular weight excluding hydrogens is 194 g/mol. The lowest BCUT2D eigenvalue weighted by Gasteiger charge is -2.38. The zero-order chi connectivity index (χ0) is 10.8. The summed E-state index contributed by atoms with van der Waals surface area (Å²) in [6.07, 6.45) is 5.75. The zero-order valence-corrected chi connectivity index (χ0v) is 8.81. The molecule has 15 heavy (non-hydrogen) atoms. The molecule has 1 saturated heterocycles. The van der Waals surface area contributed by atoms with E-state index >= 15 is 0 Å². The van der Waals surface area contributed by atoms with Gasteiger partial charge in [0.15, 0.2) is 5.78 Å². The van der Waals surface area contributed by atoms with E-state index in [1.54, 1.807) is 6.20 Å². The van der Waals surface area contributed by atoms with E-state index in [1.807, 2.05) is 0 Å². The van der Waals surface area contributed by atoms with Crippen LogP contribution in [0.5, 0.6) is 0 Å². The van der Waals surface area contributed by atoms with Crippen LogP contribution in [0.2, 0.25) is 0 Å². The number of carbonyl (C=O) groups is 2. The van der Waals surface area contributed by atoms with Crippen molar-refractivity contribution in [1.29, 1.82) is 0 Å². The maximum absolute atomic E-state index is 11.6. The fourth-order valence-electron chi connectivity index (χ4n) is 2.14. The van der Waals surface area contributed by atoms with Gasteiger partial charge in [-0.1, -0.05) is 13.3 Å². The van der Waals surface area contributed by atoms with Crippen LogP contribution in [0.1, 0.15) is 32.6 Å². The van der Waals surface area contributed by atoms with Gasteiger partial charge in [-0.2, -0.15) is 0 Å². The fourth-order valence-corrected chi connectivity index (χ4v) is 2.14. The molecule has 0 aromatic carbocycles. The van der Waals surface area contributed by atoms with Crippen LogP contribution in [0.4, 0.5) is 4.79 Å². The Morgan fingerprint density at radius 1 is 1.53 bits per heavy atom. The van der Waals surface area contributed by atoms with Gasteiger partial charge in [-0.05, 0) is 12.5 Å². The summed E-state index contributed by atoms with van der Waals surface area (Å²) in [7, 11) is 0. The number of ketones is 1. The number of fused-ring (bicyclic) bond motifs is 1. The van der Waals surface area contributed by atoms with E-state index < -0.39 is 0 Å². The summed E-state index contributed by atoms with van der Waals surface area (Å²) in [6, 6.07) is 0.0142. The van der Waals surface area contributed by atoms with Gasteiger partial charge in [-0.15, -0.1) is 0 Å². The first-order chi connectivity index (χ1) is 7.20. The number of nitrogens with zero attached hydrogens (tertiary/aromatic N) is 1. The lowest BCUT2D eigenvalue weighted by Crippen LogP contribution is -2.48. The molecule has 2 aliphatic rings. The van der Waals surface area contributed by atoms with Gasteiger partial charge in [0.2, 0.25) is 0 Å². The number of allylic oxidation sites excluding steroid dienone is 1. The molecule has 1 amide bonds. The van der Waals surface area contributed by atoms with Crippen molar-refractivity contribution in [2.24, 2.45) is 0 Å².